The molecule has 1 fully saturated rings. The molecule has 2 aromatic rings. The van der Waals surface area contributed by atoms with Gasteiger partial charge in [0.25, 0.3) is 5.91 Å². The summed E-state index contributed by atoms with van der Waals surface area (Å²) in [6, 6.07) is 10.1. The van der Waals surface area contributed by atoms with Gasteiger partial charge < -0.3 is 19.9 Å². The van der Waals surface area contributed by atoms with E-state index in [2.05, 4.69) is 22.3 Å². The maximum absolute atomic E-state index is 12.9. The fraction of sp³-hybridized carbons (Fsp3) is 0.500. The number of fused-ring (bicyclic) bond motifs is 1. The molecule has 0 saturated carbocycles. The van der Waals surface area contributed by atoms with Gasteiger partial charge in [0.2, 0.25) is 5.91 Å². The standard InChI is InChI=1S/C24H31N3O3S/c1-3-26(4-2)24(29)22-16-18-15-17(5-10-21(18)31-22)23(28)25-19-6-8-20(9-7-19)27-11-13-30-14-12-27/h6-9,16-17H,3-5,10-15H2,1-2H3,(H,25,28)/t17-/m1/s1. The maximum Gasteiger partial charge on any atom is 0.263 e. The summed E-state index contributed by atoms with van der Waals surface area (Å²) < 4.78 is 5.41. The summed E-state index contributed by atoms with van der Waals surface area (Å²) in [5.41, 5.74) is 3.15. The van der Waals surface area contributed by atoms with Crippen LogP contribution in [0.3, 0.4) is 0 Å². The molecule has 1 aromatic carbocycles. The summed E-state index contributed by atoms with van der Waals surface area (Å²) in [5, 5.41) is 3.08. The Labute approximate surface area is 188 Å². The SMILES string of the molecule is CCN(CC)C(=O)c1cc2c(s1)CC[C@@H](C(=O)Nc1ccc(N3CCOCC3)cc1)C2. The lowest BCUT2D eigenvalue weighted by Crippen LogP contribution is -2.36. The fourth-order valence-corrected chi connectivity index (χ4v) is 5.52. The zero-order valence-corrected chi connectivity index (χ0v) is 19.2. The second kappa shape index (κ2) is 9.83. The molecule has 1 N–H and O–H groups in total. The topological polar surface area (TPSA) is 61.9 Å². The van der Waals surface area contributed by atoms with E-state index in [1.807, 2.05) is 36.9 Å². The smallest absolute Gasteiger partial charge is 0.263 e. The maximum atomic E-state index is 12.9. The van der Waals surface area contributed by atoms with Gasteiger partial charge in [0, 0.05) is 48.3 Å². The number of anilines is 2. The fourth-order valence-electron chi connectivity index (χ4n) is 4.34. The van der Waals surface area contributed by atoms with Crippen molar-refractivity contribution < 1.29 is 14.3 Å². The molecule has 1 aromatic heterocycles. The van der Waals surface area contributed by atoms with Gasteiger partial charge in [0.1, 0.15) is 0 Å². The van der Waals surface area contributed by atoms with Crippen LogP contribution in [0.25, 0.3) is 0 Å². The lowest BCUT2D eigenvalue weighted by Gasteiger charge is -2.29. The first-order valence-corrected chi connectivity index (χ1v) is 12.0. The molecule has 2 heterocycles. The summed E-state index contributed by atoms with van der Waals surface area (Å²) in [7, 11) is 0. The van der Waals surface area contributed by atoms with Crippen LogP contribution >= 0.6 is 11.3 Å². The molecule has 6 nitrogen and oxygen atoms in total. The quantitative estimate of drug-likeness (QED) is 0.741. The number of rotatable bonds is 6. The zero-order valence-electron chi connectivity index (χ0n) is 18.4. The summed E-state index contributed by atoms with van der Waals surface area (Å²) in [6.45, 7) is 8.75. The molecule has 2 amide bonds. The second-order valence-corrected chi connectivity index (χ2v) is 9.25. The molecule has 1 aliphatic carbocycles. The minimum Gasteiger partial charge on any atom is -0.378 e. The highest BCUT2D eigenvalue weighted by molar-refractivity contribution is 7.14. The number of carbonyl (C=O) groups excluding carboxylic acids is 2. The van der Waals surface area contributed by atoms with E-state index >= 15 is 0 Å². The molecule has 2 aliphatic rings. The molecule has 1 aliphatic heterocycles. The number of nitrogens with one attached hydrogen (secondary N) is 1. The number of hydrogen-bond donors (Lipinski definition) is 1. The number of hydrogen-bond acceptors (Lipinski definition) is 5. The van der Waals surface area contributed by atoms with Crippen molar-refractivity contribution in [3.8, 4) is 0 Å². The Balaban J connectivity index is 1.37. The molecular weight excluding hydrogens is 410 g/mol. The van der Waals surface area contributed by atoms with Gasteiger partial charge in [-0.2, -0.15) is 0 Å². The van der Waals surface area contributed by atoms with Crippen LogP contribution in [0.5, 0.6) is 0 Å². The van der Waals surface area contributed by atoms with Gasteiger partial charge in [-0.3, -0.25) is 9.59 Å². The Kier molecular flexibility index (Phi) is 6.92. The summed E-state index contributed by atoms with van der Waals surface area (Å²) in [6.07, 6.45) is 2.39. The Bertz CT molecular complexity index is 915. The van der Waals surface area contributed by atoms with Crippen molar-refractivity contribution in [3.05, 3.63) is 45.6 Å². The Morgan fingerprint density at radius 1 is 1.16 bits per heavy atom. The summed E-state index contributed by atoms with van der Waals surface area (Å²) in [5.74, 6) is 0.107. The lowest BCUT2D eigenvalue weighted by molar-refractivity contribution is -0.120. The van der Waals surface area contributed by atoms with E-state index in [1.165, 1.54) is 4.88 Å². The van der Waals surface area contributed by atoms with Crippen LogP contribution in [0.1, 0.15) is 40.4 Å². The van der Waals surface area contributed by atoms with Crippen molar-refractivity contribution in [3.63, 3.8) is 0 Å². The van der Waals surface area contributed by atoms with Crippen LogP contribution in [0, 0.1) is 5.92 Å². The zero-order chi connectivity index (χ0) is 21.8. The van der Waals surface area contributed by atoms with E-state index in [1.54, 1.807) is 11.3 Å². The van der Waals surface area contributed by atoms with Crippen molar-refractivity contribution >= 4 is 34.5 Å². The van der Waals surface area contributed by atoms with E-state index in [9.17, 15) is 9.59 Å². The predicted octanol–water partition coefficient (Wildman–Crippen LogP) is 3.81. The minimum absolute atomic E-state index is 0.0579. The largest absolute Gasteiger partial charge is 0.378 e. The van der Waals surface area contributed by atoms with Gasteiger partial charge in [-0.15, -0.1) is 11.3 Å². The highest BCUT2D eigenvalue weighted by Gasteiger charge is 2.28. The first-order valence-electron chi connectivity index (χ1n) is 11.2. The van der Waals surface area contributed by atoms with Crippen molar-refractivity contribution in [2.24, 2.45) is 5.92 Å². The second-order valence-electron chi connectivity index (χ2n) is 8.11. The molecule has 4 rings (SSSR count). The normalized spacial score (nSPS) is 18.4. The van der Waals surface area contributed by atoms with Crippen LogP contribution < -0.4 is 10.2 Å². The van der Waals surface area contributed by atoms with Gasteiger partial charge in [-0.1, -0.05) is 0 Å². The molecule has 166 valence electrons. The molecule has 31 heavy (non-hydrogen) atoms. The van der Waals surface area contributed by atoms with Crippen LogP contribution in [-0.2, 0) is 22.4 Å². The summed E-state index contributed by atoms with van der Waals surface area (Å²) in [4.78, 5) is 31.8. The van der Waals surface area contributed by atoms with Crippen LogP contribution in [0.2, 0.25) is 0 Å². The molecule has 0 spiro atoms. The first kappa shape index (κ1) is 21.8. The third-order valence-corrected chi connectivity index (χ3v) is 7.45. The molecule has 7 heteroatoms. The number of thiophene rings is 1. The number of aryl methyl sites for hydroxylation is 1. The lowest BCUT2D eigenvalue weighted by atomic mass is 9.87. The molecule has 1 saturated heterocycles. The summed E-state index contributed by atoms with van der Waals surface area (Å²) >= 11 is 1.60. The monoisotopic (exact) mass is 441 g/mol. The molecule has 0 bridgehead atoms. The van der Waals surface area contributed by atoms with Crippen LogP contribution in [-0.4, -0.2) is 56.1 Å². The number of ether oxygens (including phenoxy) is 1. The number of amides is 2. The first-order chi connectivity index (χ1) is 15.1. The highest BCUT2D eigenvalue weighted by Crippen LogP contribution is 2.33. The van der Waals surface area contributed by atoms with Gasteiger partial charge >= 0.3 is 0 Å². The van der Waals surface area contributed by atoms with E-state index in [0.29, 0.717) is 19.5 Å². The van der Waals surface area contributed by atoms with Gasteiger partial charge in [-0.25, -0.2) is 0 Å². The van der Waals surface area contributed by atoms with Gasteiger partial charge in [0.15, 0.2) is 0 Å². The van der Waals surface area contributed by atoms with Crippen molar-refractivity contribution in [1.82, 2.24) is 4.90 Å². The van der Waals surface area contributed by atoms with Crippen molar-refractivity contribution in [2.75, 3.05) is 49.6 Å². The number of morpholine rings is 1. The van der Waals surface area contributed by atoms with Gasteiger partial charge in [0.05, 0.1) is 18.1 Å². The van der Waals surface area contributed by atoms with Crippen LogP contribution in [0.15, 0.2) is 30.3 Å². The Morgan fingerprint density at radius 3 is 2.55 bits per heavy atom. The Hall–Kier alpha value is -2.38. The third-order valence-electron chi connectivity index (χ3n) is 6.23. The Morgan fingerprint density at radius 2 is 1.87 bits per heavy atom. The van der Waals surface area contributed by atoms with Crippen LogP contribution in [0.4, 0.5) is 11.4 Å². The van der Waals surface area contributed by atoms with E-state index < -0.39 is 0 Å². The molecular formula is C24H31N3O3S. The van der Waals surface area contributed by atoms with E-state index in [-0.39, 0.29) is 17.7 Å². The number of benzene rings is 1. The van der Waals surface area contributed by atoms with Crippen molar-refractivity contribution in [1.29, 1.82) is 0 Å². The third kappa shape index (κ3) is 4.93. The minimum atomic E-state index is -0.0579. The number of nitrogens with zero attached hydrogens (tertiary/aromatic N) is 2. The van der Waals surface area contributed by atoms with Crippen molar-refractivity contribution in [2.45, 2.75) is 33.1 Å². The molecule has 1 atom stereocenters. The highest BCUT2D eigenvalue weighted by atomic mass is 32.1. The van der Waals surface area contributed by atoms with E-state index in [0.717, 1.165) is 61.0 Å². The van der Waals surface area contributed by atoms with E-state index in [4.69, 9.17) is 4.74 Å². The average molecular weight is 442 g/mol. The average Bonchev–Trinajstić information content (AvgIpc) is 3.24. The van der Waals surface area contributed by atoms with Gasteiger partial charge in [-0.05, 0) is 69.0 Å². The predicted molar refractivity (Wildman–Crippen MR) is 125 cm³/mol. The molecule has 0 radical (unpaired) electrons. The number of carbonyl (C=O) groups is 2. The molecule has 0 unspecified atom stereocenters.